The van der Waals surface area contributed by atoms with Gasteiger partial charge in [0.05, 0.1) is 0 Å². The van der Waals surface area contributed by atoms with E-state index in [1.807, 2.05) is 0 Å². The summed E-state index contributed by atoms with van der Waals surface area (Å²) in [4.78, 5) is 0. The van der Waals surface area contributed by atoms with E-state index in [2.05, 4.69) is 6.58 Å². The summed E-state index contributed by atoms with van der Waals surface area (Å²) in [7, 11) is 0. The molecular formula is C14H11F9. The third-order valence-corrected chi connectivity index (χ3v) is 3.19. The average molecular weight is 350 g/mol. The fourth-order valence-electron chi connectivity index (χ4n) is 1.82. The molecular weight excluding hydrogens is 339 g/mol. The summed E-state index contributed by atoms with van der Waals surface area (Å²) >= 11 is 0. The summed E-state index contributed by atoms with van der Waals surface area (Å²) in [5.74, 6) is -19.0. The molecule has 0 atom stereocenters. The Hall–Kier alpha value is -1.67. The molecule has 23 heavy (non-hydrogen) atoms. The Bertz CT molecular complexity index is 558. The first-order valence-electron chi connectivity index (χ1n) is 6.18. The molecule has 0 spiro atoms. The molecule has 0 aliphatic heterocycles. The second-order valence-corrected chi connectivity index (χ2v) is 4.75. The van der Waals surface area contributed by atoms with Crippen LogP contribution in [0.5, 0.6) is 0 Å². The van der Waals surface area contributed by atoms with Crippen LogP contribution in [0.15, 0.2) is 30.8 Å². The van der Waals surface area contributed by atoms with Crippen molar-refractivity contribution in [3.05, 3.63) is 42.0 Å². The van der Waals surface area contributed by atoms with Crippen molar-refractivity contribution >= 4 is 6.08 Å². The summed E-state index contributed by atoms with van der Waals surface area (Å²) in [5.41, 5.74) is 0.363. The van der Waals surface area contributed by atoms with E-state index in [0.29, 0.717) is 0 Å². The van der Waals surface area contributed by atoms with E-state index in [-0.39, 0.29) is 11.1 Å². The molecule has 130 valence electrons. The minimum absolute atomic E-state index is 0.0771. The lowest BCUT2D eigenvalue weighted by Crippen LogP contribution is -2.60. The van der Waals surface area contributed by atoms with Crippen molar-refractivity contribution < 1.29 is 39.5 Å². The number of rotatable bonds is 6. The Morgan fingerprint density at radius 1 is 0.826 bits per heavy atom. The summed E-state index contributed by atoms with van der Waals surface area (Å²) in [5, 5.41) is 0. The van der Waals surface area contributed by atoms with Gasteiger partial charge in [-0.25, -0.2) is 0 Å². The van der Waals surface area contributed by atoms with E-state index in [0.717, 1.165) is 0 Å². The molecule has 0 bridgehead atoms. The normalized spacial score (nSPS) is 14.0. The van der Waals surface area contributed by atoms with Crippen LogP contribution >= 0.6 is 0 Å². The molecule has 0 fully saturated rings. The Morgan fingerprint density at radius 3 is 1.83 bits per heavy atom. The van der Waals surface area contributed by atoms with Gasteiger partial charge in [-0.1, -0.05) is 36.9 Å². The molecule has 1 aromatic carbocycles. The summed E-state index contributed by atoms with van der Waals surface area (Å²) in [6.07, 6.45) is -8.27. The topological polar surface area (TPSA) is 0 Å². The van der Waals surface area contributed by atoms with Crippen molar-refractivity contribution in [3.63, 3.8) is 0 Å². The van der Waals surface area contributed by atoms with Crippen molar-refractivity contribution in [2.24, 2.45) is 0 Å². The van der Waals surface area contributed by atoms with E-state index in [4.69, 9.17) is 0 Å². The van der Waals surface area contributed by atoms with Crippen LogP contribution in [0.2, 0.25) is 0 Å². The molecule has 0 amide bonds. The van der Waals surface area contributed by atoms with Crippen LogP contribution < -0.4 is 0 Å². The molecule has 0 radical (unpaired) electrons. The third-order valence-electron chi connectivity index (χ3n) is 3.19. The van der Waals surface area contributed by atoms with E-state index < -0.39 is 36.8 Å². The molecule has 0 saturated carbocycles. The monoisotopic (exact) mass is 350 g/mol. The Balaban J connectivity index is 3.04. The van der Waals surface area contributed by atoms with Gasteiger partial charge in [-0.15, -0.1) is 0 Å². The summed E-state index contributed by atoms with van der Waals surface area (Å²) in [6, 6.07) is 5.53. The zero-order valence-electron chi connectivity index (χ0n) is 11.4. The number of halogens is 9. The number of aryl methyl sites for hydroxylation is 1. The van der Waals surface area contributed by atoms with Gasteiger partial charge in [0.15, 0.2) is 0 Å². The zero-order chi connectivity index (χ0) is 18.1. The highest BCUT2D eigenvalue weighted by Gasteiger charge is 2.81. The maximum absolute atomic E-state index is 13.4. The van der Waals surface area contributed by atoms with Gasteiger partial charge >= 0.3 is 23.9 Å². The molecule has 0 aliphatic carbocycles. The lowest BCUT2D eigenvalue weighted by molar-refractivity contribution is -0.396. The van der Waals surface area contributed by atoms with Gasteiger partial charge < -0.3 is 0 Å². The Kier molecular flexibility index (Phi) is 5.13. The molecule has 1 aromatic rings. The maximum atomic E-state index is 13.4. The van der Waals surface area contributed by atoms with Crippen LogP contribution in [0.1, 0.15) is 17.5 Å². The van der Waals surface area contributed by atoms with Crippen molar-refractivity contribution in [2.45, 2.75) is 36.8 Å². The first-order chi connectivity index (χ1) is 10.3. The van der Waals surface area contributed by atoms with E-state index in [9.17, 15) is 39.5 Å². The lowest BCUT2D eigenvalue weighted by Gasteiger charge is -2.33. The molecule has 1 rings (SSSR count). The minimum atomic E-state index is -6.85. The fraction of sp³-hybridized carbons (Fsp3) is 0.429. The van der Waals surface area contributed by atoms with Gasteiger partial charge in [0.1, 0.15) is 0 Å². The van der Waals surface area contributed by atoms with Gasteiger partial charge in [0.25, 0.3) is 0 Å². The second kappa shape index (κ2) is 6.09. The van der Waals surface area contributed by atoms with Crippen molar-refractivity contribution in [1.82, 2.24) is 0 Å². The van der Waals surface area contributed by atoms with Crippen LogP contribution in [0.4, 0.5) is 39.5 Å². The number of hydrogen-bond donors (Lipinski definition) is 0. The van der Waals surface area contributed by atoms with Crippen LogP contribution in [0, 0.1) is 0 Å². The molecule has 0 aliphatic rings. The summed E-state index contributed by atoms with van der Waals surface area (Å²) < 4.78 is 114. The minimum Gasteiger partial charge on any atom is -0.200 e. The first kappa shape index (κ1) is 19.4. The summed E-state index contributed by atoms with van der Waals surface area (Å²) in [6.45, 7) is 3.35. The highest BCUT2D eigenvalue weighted by molar-refractivity contribution is 5.51. The predicted molar refractivity (Wildman–Crippen MR) is 65.8 cm³/mol. The number of benzene rings is 1. The lowest BCUT2D eigenvalue weighted by atomic mass is 9.95. The van der Waals surface area contributed by atoms with Gasteiger partial charge in [-0.2, -0.15) is 39.5 Å². The highest BCUT2D eigenvalue weighted by atomic mass is 19.4. The SMILES string of the molecule is C=Cc1ccccc1CCC(F)(F)C(F)(F)C(F)(F)C(F)(F)F. The van der Waals surface area contributed by atoms with Crippen molar-refractivity contribution in [1.29, 1.82) is 0 Å². The van der Waals surface area contributed by atoms with Gasteiger partial charge in [0.2, 0.25) is 0 Å². The molecule has 0 unspecified atom stereocenters. The molecule has 0 saturated heterocycles. The maximum Gasteiger partial charge on any atom is 0.460 e. The molecule has 0 aromatic heterocycles. The fourth-order valence-corrected chi connectivity index (χ4v) is 1.82. The van der Waals surface area contributed by atoms with Gasteiger partial charge in [0, 0.05) is 6.42 Å². The van der Waals surface area contributed by atoms with E-state index >= 15 is 0 Å². The van der Waals surface area contributed by atoms with Crippen molar-refractivity contribution in [2.75, 3.05) is 0 Å². The van der Waals surface area contributed by atoms with Crippen LogP contribution in [-0.4, -0.2) is 23.9 Å². The van der Waals surface area contributed by atoms with Crippen LogP contribution in [0.3, 0.4) is 0 Å². The predicted octanol–water partition coefficient (Wildman–Crippen LogP) is 5.73. The van der Waals surface area contributed by atoms with Crippen LogP contribution in [0.25, 0.3) is 6.08 Å². The van der Waals surface area contributed by atoms with Gasteiger partial charge in [-0.3, -0.25) is 0 Å². The van der Waals surface area contributed by atoms with Crippen molar-refractivity contribution in [3.8, 4) is 0 Å². The van der Waals surface area contributed by atoms with Gasteiger partial charge in [-0.05, 0) is 17.5 Å². The quantitative estimate of drug-likeness (QED) is 0.575. The Morgan fingerprint density at radius 2 is 1.35 bits per heavy atom. The molecule has 9 heteroatoms. The molecule has 0 nitrogen and oxygen atoms in total. The third kappa shape index (κ3) is 3.48. The Labute approximate surface area is 125 Å². The molecule has 0 heterocycles. The first-order valence-corrected chi connectivity index (χ1v) is 6.18. The van der Waals surface area contributed by atoms with E-state index in [1.165, 1.54) is 30.3 Å². The number of hydrogen-bond acceptors (Lipinski definition) is 0. The highest BCUT2D eigenvalue weighted by Crippen LogP contribution is 2.54. The zero-order valence-corrected chi connectivity index (χ0v) is 11.4. The standard InChI is InChI=1S/C14H11F9/c1-2-9-5-3-4-6-10(9)7-8-11(15,16)12(17,18)13(19,20)14(21,22)23/h2-6H,1,7-8H2. The second-order valence-electron chi connectivity index (χ2n) is 4.75. The largest absolute Gasteiger partial charge is 0.460 e. The van der Waals surface area contributed by atoms with Crippen LogP contribution in [-0.2, 0) is 6.42 Å². The van der Waals surface area contributed by atoms with E-state index in [1.54, 1.807) is 0 Å². The smallest absolute Gasteiger partial charge is 0.200 e. The molecule has 0 N–H and O–H groups in total. The average Bonchev–Trinajstić information content (AvgIpc) is 2.43. The number of alkyl halides is 9.